The molecule has 1 aliphatic rings. The highest BCUT2D eigenvalue weighted by atomic mass is 35.5. The first-order valence-electron chi connectivity index (χ1n) is 9.62. The van der Waals surface area contributed by atoms with Crippen molar-refractivity contribution in [2.24, 2.45) is 5.73 Å². The highest BCUT2D eigenvalue weighted by Crippen LogP contribution is 2.38. The van der Waals surface area contributed by atoms with Gasteiger partial charge in [0.05, 0.1) is 17.0 Å². The van der Waals surface area contributed by atoms with Crippen molar-refractivity contribution in [2.45, 2.75) is 12.8 Å². The minimum Gasteiger partial charge on any atom is -0.354 e. The summed E-state index contributed by atoms with van der Waals surface area (Å²) < 4.78 is 0. The molecule has 4 rings (SSSR count). The maximum absolute atomic E-state index is 12.9. The van der Waals surface area contributed by atoms with Crippen LogP contribution in [-0.2, 0) is 11.2 Å². The number of benzene rings is 3. The van der Waals surface area contributed by atoms with E-state index in [0.717, 1.165) is 41.0 Å². The van der Waals surface area contributed by atoms with Gasteiger partial charge in [-0.1, -0.05) is 60.1 Å². The molecule has 0 saturated carbocycles. The molecule has 1 heterocycles. The van der Waals surface area contributed by atoms with Crippen LogP contribution in [0, 0.1) is 0 Å². The number of carbonyl (C=O) groups is 1. The van der Waals surface area contributed by atoms with Crippen LogP contribution < -0.4 is 16.4 Å². The van der Waals surface area contributed by atoms with E-state index < -0.39 is 0 Å². The summed E-state index contributed by atoms with van der Waals surface area (Å²) in [6.07, 6.45) is 1.92. The minimum absolute atomic E-state index is 0.145. The first-order chi connectivity index (χ1) is 14.2. The first-order valence-corrected chi connectivity index (χ1v) is 10.0. The van der Waals surface area contributed by atoms with E-state index in [2.05, 4.69) is 22.8 Å². The number of fused-ring (bicyclic) bond motifs is 1. The van der Waals surface area contributed by atoms with Gasteiger partial charge >= 0.3 is 0 Å². The van der Waals surface area contributed by atoms with E-state index in [4.69, 9.17) is 17.3 Å². The second-order valence-electron chi connectivity index (χ2n) is 6.97. The van der Waals surface area contributed by atoms with E-state index in [-0.39, 0.29) is 5.91 Å². The summed E-state index contributed by atoms with van der Waals surface area (Å²) in [5, 5.41) is 6.98. The molecule has 0 radical (unpaired) electrons. The Balaban J connectivity index is 1.76. The van der Waals surface area contributed by atoms with Gasteiger partial charge in [-0.3, -0.25) is 4.79 Å². The fraction of sp³-hybridized carbons (Fsp3) is 0.125. The largest absolute Gasteiger partial charge is 0.354 e. The average molecular weight is 404 g/mol. The summed E-state index contributed by atoms with van der Waals surface area (Å²) in [5.41, 5.74) is 11.6. The molecule has 4 N–H and O–H groups in total. The average Bonchev–Trinajstić information content (AvgIpc) is 3.06. The topological polar surface area (TPSA) is 67.1 Å². The van der Waals surface area contributed by atoms with Crippen molar-refractivity contribution in [3.63, 3.8) is 0 Å². The lowest BCUT2D eigenvalue weighted by molar-refractivity contribution is -0.110. The molecule has 0 aromatic heterocycles. The fourth-order valence-corrected chi connectivity index (χ4v) is 3.65. The Morgan fingerprint density at radius 2 is 1.76 bits per heavy atom. The summed E-state index contributed by atoms with van der Waals surface area (Å²) in [4.78, 5) is 12.9. The van der Waals surface area contributed by atoms with Crippen LogP contribution in [0.25, 0.3) is 11.3 Å². The van der Waals surface area contributed by atoms with Crippen molar-refractivity contribution >= 4 is 40.2 Å². The van der Waals surface area contributed by atoms with E-state index in [1.807, 2.05) is 48.5 Å². The number of amides is 1. The summed E-state index contributed by atoms with van der Waals surface area (Å²) >= 11 is 6.11. The van der Waals surface area contributed by atoms with Crippen LogP contribution in [-0.4, -0.2) is 12.5 Å². The first kappa shape index (κ1) is 19.2. The lowest BCUT2D eigenvalue weighted by Crippen LogP contribution is -2.10. The standard InChI is InChI=1S/C24H22ClN3O/c25-18-10-13-20-21(15-18)28-24(29)22(20)23(17-6-2-1-3-7-17)27-19-11-8-16(9-12-19)5-4-14-26/h1-3,6-13,15,27H,4-5,14,26H2,(H,28,29)/b23-22-. The molecule has 0 atom stereocenters. The van der Waals surface area contributed by atoms with Crippen LogP contribution in [0.4, 0.5) is 11.4 Å². The zero-order valence-corrected chi connectivity index (χ0v) is 16.7. The van der Waals surface area contributed by atoms with Crippen molar-refractivity contribution in [3.8, 4) is 0 Å². The van der Waals surface area contributed by atoms with Gasteiger partial charge in [-0.15, -0.1) is 0 Å². The van der Waals surface area contributed by atoms with Crippen LogP contribution in [0.15, 0.2) is 72.8 Å². The molecule has 146 valence electrons. The number of hydrogen-bond donors (Lipinski definition) is 3. The quantitative estimate of drug-likeness (QED) is 0.498. The Morgan fingerprint density at radius 3 is 2.48 bits per heavy atom. The van der Waals surface area contributed by atoms with Gasteiger partial charge in [0, 0.05) is 16.3 Å². The molecular formula is C24H22ClN3O. The van der Waals surface area contributed by atoms with Crippen LogP contribution in [0.3, 0.4) is 0 Å². The zero-order chi connectivity index (χ0) is 20.2. The Bertz CT molecular complexity index is 1060. The molecule has 4 nitrogen and oxygen atoms in total. The monoisotopic (exact) mass is 403 g/mol. The third kappa shape index (κ3) is 4.19. The predicted molar refractivity (Wildman–Crippen MR) is 121 cm³/mol. The molecule has 0 unspecified atom stereocenters. The molecule has 0 fully saturated rings. The SMILES string of the molecule is NCCCc1ccc(N/C(=C2\C(=O)Nc3cc(Cl)ccc32)c2ccccc2)cc1. The normalized spacial score (nSPS) is 14.3. The highest BCUT2D eigenvalue weighted by Gasteiger charge is 2.28. The maximum Gasteiger partial charge on any atom is 0.258 e. The van der Waals surface area contributed by atoms with Crippen molar-refractivity contribution in [1.29, 1.82) is 0 Å². The maximum atomic E-state index is 12.9. The van der Waals surface area contributed by atoms with E-state index in [9.17, 15) is 4.79 Å². The van der Waals surface area contributed by atoms with E-state index in [1.54, 1.807) is 12.1 Å². The van der Waals surface area contributed by atoms with Gasteiger partial charge in [-0.2, -0.15) is 0 Å². The third-order valence-corrected chi connectivity index (χ3v) is 5.17. The van der Waals surface area contributed by atoms with E-state index in [0.29, 0.717) is 17.1 Å². The molecule has 1 amide bonds. The Morgan fingerprint density at radius 1 is 1.00 bits per heavy atom. The van der Waals surface area contributed by atoms with Gasteiger partial charge in [-0.25, -0.2) is 0 Å². The molecule has 3 aromatic rings. The predicted octanol–water partition coefficient (Wildman–Crippen LogP) is 5.16. The molecule has 5 heteroatoms. The molecule has 0 bridgehead atoms. The lowest BCUT2D eigenvalue weighted by atomic mass is 10.00. The molecule has 3 aromatic carbocycles. The fourth-order valence-electron chi connectivity index (χ4n) is 3.48. The Labute approximate surface area is 175 Å². The van der Waals surface area contributed by atoms with Gasteiger partial charge in [-0.05, 0) is 54.8 Å². The van der Waals surface area contributed by atoms with Gasteiger partial charge in [0.1, 0.15) is 0 Å². The molecular weight excluding hydrogens is 382 g/mol. The van der Waals surface area contributed by atoms with E-state index in [1.165, 1.54) is 5.56 Å². The van der Waals surface area contributed by atoms with Crippen molar-refractivity contribution in [2.75, 3.05) is 17.2 Å². The zero-order valence-electron chi connectivity index (χ0n) is 15.9. The van der Waals surface area contributed by atoms with Gasteiger partial charge < -0.3 is 16.4 Å². The van der Waals surface area contributed by atoms with Gasteiger partial charge in [0.15, 0.2) is 0 Å². The number of nitrogens with one attached hydrogen (secondary N) is 2. The summed E-state index contributed by atoms with van der Waals surface area (Å²) in [6, 6.07) is 23.6. The second kappa shape index (κ2) is 8.52. The van der Waals surface area contributed by atoms with Crippen LogP contribution >= 0.6 is 11.6 Å². The number of rotatable bonds is 6. The van der Waals surface area contributed by atoms with E-state index >= 15 is 0 Å². The summed E-state index contributed by atoms with van der Waals surface area (Å²) in [6.45, 7) is 0.683. The molecule has 0 aliphatic carbocycles. The van der Waals surface area contributed by atoms with Crippen LogP contribution in [0.2, 0.25) is 5.02 Å². The van der Waals surface area contributed by atoms with Crippen molar-refractivity contribution in [3.05, 3.63) is 94.5 Å². The van der Waals surface area contributed by atoms with Crippen molar-refractivity contribution < 1.29 is 4.79 Å². The number of aryl methyl sites for hydroxylation is 1. The van der Waals surface area contributed by atoms with Gasteiger partial charge in [0.2, 0.25) is 0 Å². The number of nitrogens with two attached hydrogens (primary N) is 1. The summed E-state index contributed by atoms with van der Waals surface area (Å²) in [5.74, 6) is -0.145. The van der Waals surface area contributed by atoms with Crippen LogP contribution in [0.5, 0.6) is 0 Å². The Kier molecular flexibility index (Phi) is 5.65. The van der Waals surface area contributed by atoms with Crippen LogP contribution in [0.1, 0.15) is 23.1 Å². The second-order valence-corrected chi connectivity index (χ2v) is 7.41. The minimum atomic E-state index is -0.145. The smallest absolute Gasteiger partial charge is 0.258 e. The molecule has 29 heavy (non-hydrogen) atoms. The summed E-state index contributed by atoms with van der Waals surface area (Å²) in [7, 11) is 0. The molecule has 1 aliphatic heterocycles. The van der Waals surface area contributed by atoms with Gasteiger partial charge in [0.25, 0.3) is 5.91 Å². The number of anilines is 2. The Hall–Kier alpha value is -3.08. The van der Waals surface area contributed by atoms with Crippen molar-refractivity contribution in [1.82, 2.24) is 0 Å². The number of carbonyl (C=O) groups excluding carboxylic acids is 1. The number of hydrogen-bond acceptors (Lipinski definition) is 3. The number of halogens is 1. The molecule has 0 spiro atoms. The lowest BCUT2D eigenvalue weighted by Gasteiger charge is -2.15. The highest BCUT2D eigenvalue weighted by molar-refractivity contribution is 6.38. The molecule has 0 saturated heterocycles. The third-order valence-electron chi connectivity index (χ3n) is 4.93.